The molecular formula is C14H19NO4. The Kier molecular flexibility index (Phi) is 4.27. The van der Waals surface area contributed by atoms with Crippen molar-refractivity contribution in [3.63, 3.8) is 0 Å². The fourth-order valence-corrected chi connectivity index (χ4v) is 2.10. The first-order chi connectivity index (χ1) is 9.09. The number of hydrogen-bond donors (Lipinski definition) is 2. The van der Waals surface area contributed by atoms with Crippen LogP contribution in [0.25, 0.3) is 0 Å². The van der Waals surface area contributed by atoms with E-state index in [2.05, 4.69) is 5.32 Å². The van der Waals surface area contributed by atoms with Gasteiger partial charge in [0.05, 0.1) is 0 Å². The zero-order valence-corrected chi connectivity index (χ0v) is 11.2. The van der Waals surface area contributed by atoms with Gasteiger partial charge in [-0.1, -0.05) is 26.0 Å². The van der Waals surface area contributed by atoms with Gasteiger partial charge in [-0.3, -0.25) is 10.1 Å². The molecule has 0 amide bonds. The number of rotatable bonds is 5. The van der Waals surface area contributed by atoms with Crippen LogP contribution in [0.3, 0.4) is 0 Å². The zero-order valence-electron chi connectivity index (χ0n) is 11.2. The van der Waals surface area contributed by atoms with Crippen molar-refractivity contribution in [1.29, 1.82) is 0 Å². The first-order valence-corrected chi connectivity index (χ1v) is 6.43. The molecule has 5 nitrogen and oxygen atoms in total. The van der Waals surface area contributed by atoms with Crippen molar-refractivity contribution in [2.75, 3.05) is 13.2 Å². The lowest BCUT2D eigenvalue weighted by Crippen LogP contribution is -2.40. The van der Waals surface area contributed by atoms with Crippen molar-refractivity contribution < 1.29 is 19.4 Å². The fourth-order valence-electron chi connectivity index (χ4n) is 2.10. The van der Waals surface area contributed by atoms with E-state index in [1.54, 1.807) is 0 Å². The summed E-state index contributed by atoms with van der Waals surface area (Å²) in [4.78, 5) is 11.1. The molecule has 0 aromatic heterocycles. The lowest BCUT2D eigenvalue weighted by atomic mass is 10.0. The minimum Gasteiger partial charge on any atom is -0.486 e. The van der Waals surface area contributed by atoms with Crippen molar-refractivity contribution in [2.45, 2.75) is 26.4 Å². The molecule has 2 rings (SSSR count). The number of nitrogens with one attached hydrogen (secondary N) is 1. The van der Waals surface area contributed by atoms with Crippen molar-refractivity contribution in [3.8, 4) is 11.5 Å². The van der Waals surface area contributed by atoms with Crippen LogP contribution < -0.4 is 14.8 Å². The molecule has 1 aromatic rings. The lowest BCUT2D eigenvalue weighted by Gasteiger charge is -2.23. The van der Waals surface area contributed by atoms with E-state index >= 15 is 0 Å². The maximum Gasteiger partial charge on any atom is 0.320 e. The first kappa shape index (κ1) is 13.7. The van der Waals surface area contributed by atoms with Gasteiger partial charge < -0.3 is 14.6 Å². The molecule has 0 fully saturated rings. The number of aliphatic carboxylic acids is 1. The number of carbonyl (C=O) groups is 1. The van der Waals surface area contributed by atoms with Crippen LogP contribution in [0.4, 0.5) is 0 Å². The van der Waals surface area contributed by atoms with Crippen LogP contribution in [0.15, 0.2) is 18.2 Å². The molecule has 0 spiro atoms. The molecular weight excluding hydrogens is 246 g/mol. The SMILES string of the molecule is CC(C)C(NCc1cccc2c1OCCO2)C(=O)O. The predicted molar refractivity (Wildman–Crippen MR) is 70.5 cm³/mol. The topological polar surface area (TPSA) is 67.8 Å². The Bertz CT molecular complexity index is 459. The van der Waals surface area contributed by atoms with Gasteiger partial charge >= 0.3 is 5.97 Å². The maximum atomic E-state index is 11.1. The Hall–Kier alpha value is -1.75. The summed E-state index contributed by atoms with van der Waals surface area (Å²) in [5, 5.41) is 12.2. The average molecular weight is 265 g/mol. The Morgan fingerprint density at radius 2 is 2.11 bits per heavy atom. The van der Waals surface area contributed by atoms with Crippen molar-refractivity contribution in [3.05, 3.63) is 23.8 Å². The van der Waals surface area contributed by atoms with Gasteiger partial charge in [0.1, 0.15) is 19.3 Å². The Labute approximate surface area is 112 Å². The molecule has 1 unspecified atom stereocenters. The third-order valence-electron chi connectivity index (χ3n) is 3.09. The van der Waals surface area contributed by atoms with Gasteiger partial charge in [0.2, 0.25) is 0 Å². The molecule has 5 heteroatoms. The number of benzene rings is 1. The van der Waals surface area contributed by atoms with Crippen LogP contribution in [0.1, 0.15) is 19.4 Å². The van der Waals surface area contributed by atoms with Crippen LogP contribution in [0.5, 0.6) is 11.5 Å². The van der Waals surface area contributed by atoms with E-state index in [-0.39, 0.29) is 5.92 Å². The number of para-hydroxylation sites is 1. The Morgan fingerprint density at radius 3 is 2.79 bits per heavy atom. The van der Waals surface area contributed by atoms with Gasteiger partial charge in [0.15, 0.2) is 11.5 Å². The zero-order chi connectivity index (χ0) is 13.8. The summed E-state index contributed by atoms with van der Waals surface area (Å²) >= 11 is 0. The van der Waals surface area contributed by atoms with Crippen molar-refractivity contribution in [2.24, 2.45) is 5.92 Å². The van der Waals surface area contributed by atoms with Crippen molar-refractivity contribution >= 4 is 5.97 Å². The molecule has 0 saturated heterocycles. The monoisotopic (exact) mass is 265 g/mol. The maximum absolute atomic E-state index is 11.1. The largest absolute Gasteiger partial charge is 0.486 e. The molecule has 0 saturated carbocycles. The fraction of sp³-hybridized carbons (Fsp3) is 0.500. The van der Waals surface area contributed by atoms with E-state index in [1.165, 1.54) is 0 Å². The van der Waals surface area contributed by atoms with E-state index in [9.17, 15) is 4.79 Å². The molecule has 104 valence electrons. The van der Waals surface area contributed by atoms with E-state index in [4.69, 9.17) is 14.6 Å². The second kappa shape index (κ2) is 5.93. The van der Waals surface area contributed by atoms with Crippen LogP contribution in [0.2, 0.25) is 0 Å². The highest BCUT2D eigenvalue weighted by Crippen LogP contribution is 2.33. The highest BCUT2D eigenvalue weighted by atomic mass is 16.6. The third kappa shape index (κ3) is 3.17. The summed E-state index contributed by atoms with van der Waals surface area (Å²) in [6, 6.07) is 5.09. The van der Waals surface area contributed by atoms with E-state index in [1.807, 2.05) is 32.0 Å². The summed E-state index contributed by atoms with van der Waals surface area (Å²) in [6.07, 6.45) is 0. The third-order valence-corrected chi connectivity index (χ3v) is 3.09. The van der Waals surface area contributed by atoms with Gasteiger partial charge in [-0.15, -0.1) is 0 Å². The van der Waals surface area contributed by atoms with Gasteiger partial charge in [-0.05, 0) is 12.0 Å². The Balaban J connectivity index is 2.09. The molecule has 1 aliphatic heterocycles. The second-order valence-corrected chi connectivity index (χ2v) is 4.88. The van der Waals surface area contributed by atoms with Crippen LogP contribution >= 0.6 is 0 Å². The number of fused-ring (bicyclic) bond motifs is 1. The number of ether oxygens (including phenoxy) is 2. The standard InChI is InChI=1S/C14H19NO4/c1-9(2)12(14(16)17)15-8-10-4-3-5-11-13(10)19-7-6-18-11/h3-5,9,12,15H,6-8H2,1-2H3,(H,16,17). The lowest BCUT2D eigenvalue weighted by molar-refractivity contribution is -0.140. The Morgan fingerprint density at radius 1 is 1.37 bits per heavy atom. The minimum absolute atomic E-state index is 0.0224. The number of carboxylic acids is 1. The number of carboxylic acid groups (broad SMARTS) is 1. The smallest absolute Gasteiger partial charge is 0.320 e. The summed E-state index contributed by atoms with van der Waals surface area (Å²) < 4.78 is 11.1. The molecule has 1 aromatic carbocycles. The molecule has 0 aliphatic carbocycles. The summed E-state index contributed by atoms with van der Waals surface area (Å²) in [5.74, 6) is 0.627. The molecule has 2 N–H and O–H groups in total. The molecule has 1 heterocycles. The second-order valence-electron chi connectivity index (χ2n) is 4.88. The van der Waals surface area contributed by atoms with Gasteiger partial charge in [0, 0.05) is 12.1 Å². The minimum atomic E-state index is -0.836. The molecule has 1 aliphatic rings. The van der Waals surface area contributed by atoms with Crippen LogP contribution in [-0.4, -0.2) is 30.3 Å². The van der Waals surface area contributed by atoms with Gasteiger partial charge in [0.25, 0.3) is 0 Å². The van der Waals surface area contributed by atoms with Crippen LogP contribution in [-0.2, 0) is 11.3 Å². The van der Waals surface area contributed by atoms with E-state index in [0.29, 0.717) is 25.5 Å². The van der Waals surface area contributed by atoms with Gasteiger partial charge in [-0.2, -0.15) is 0 Å². The van der Waals surface area contributed by atoms with Gasteiger partial charge in [-0.25, -0.2) is 0 Å². The average Bonchev–Trinajstić information content (AvgIpc) is 2.38. The summed E-state index contributed by atoms with van der Waals surface area (Å²) in [6.45, 7) is 5.28. The summed E-state index contributed by atoms with van der Waals surface area (Å²) in [7, 11) is 0. The number of hydrogen-bond acceptors (Lipinski definition) is 4. The highest BCUT2D eigenvalue weighted by molar-refractivity contribution is 5.73. The van der Waals surface area contributed by atoms with E-state index < -0.39 is 12.0 Å². The molecule has 1 atom stereocenters. The molecule has 0 radical (unpaired) electrons. The quantitative estimate of drug-likeness (QED) is 0.847. The summed E-state index contributed by atoms with van der Waals surface area (Å²) in [5.41, 5.74) is 0.920. The highest BCUT2D eigenvalue weighted by Gasteiger charge is 2.22. The van der Waals surface area contributed by atoms with Crippen LogP contribution in [0, 0.1) is 5.92 Å². The first-order valence-electron chi connectivity index (χ1n) is 6.43. The molecule has 0 bridgehead atoms. The van der Waals surface area contributed by atoms with Crippen molar-refractivity contribution in [1.82, 2.24) is 5.32 Å². The van der Waals surface area contributed by atoms with E-state index in [0.717, 1.165) is 11.3 Å². The normalized spacial score (nSPS) is 15.3. The predicted octanol–water partition coefficient (Wildman–Crippen LogP) is 1.66. The molecule has 19 heavy (non-hydrogen) atoms.